The summed E-state index contributed by atoms with van der Waals surface area (Å²) in [6.45, 7) is 1.83. The smallest absolute Gasteiger partial charge is 0.396 e. The normalized spacial score (nSPS) is 18.6. The molecule has 3 nitrogen and oxygen atoms in total. The average molecular weight is 356 g/mol. The van der Waals surface area contributed by atoms with E-state index in [1.54, 1.807) is 4.90 Å². The number of alkyl halides is 6. The van der Waals surface area contributed by atoms with Crippen LogP contribution in [0, 0.1) is 0 Å². The Balaban J connectivity index is 2.48. The molecule has 1 aromatic rings. The van der Waals surface area contributed by atoms with Crippen LogP contribution in [0.15, 0.2) is 18.2 Å². The predicted octanol–water partition coefficient (Wildman–Crippen LogP) is 3.05. The average Bonchev–Trinajstić information content (AvgIpc) is 2.51. The minimum Gasteiger partial charge on any atom is -0.396 e. The van der Waals surface area contributed by atoms with Crippen molar-refractivity contribution in [2.24, 2.45) is 0 Å². The second kappa shape index (κ2) is 7.28. The number of halogens is 6. The van der Waals surface area contributed by atoms with Crippen LogP contribution in [-0.2, 0) is 12.4 Å². The van der Waals surface area contributed by atoms with Crippen LogP contribution in [-0.4, -0.2) is 42.8 Å². The van der Waals surface area contributed by atoms with E-state index in [4.69, 9.17) is 0 Å². The van der Waals surface area contributed by atoms with Gasteiger partial charge in [0.25, 0.3) is 0 Å². The molecule has 1 atom stereocenters. The number of aliphatic hydroxyl groups excluding tert-OH is 1. The third kappa shape index (κ3) is 4.61. The summed E-state index contributed by atoms with van der Waals surface area (Å²) in [6, 6.07) is 0.924. The Bertz CT molecular complexity index is 520. The van der Waals surface area contributed by atoms with Gasteiger partial charge in [0, 0.05) is 38.8 Å². The molecule has 2 N–H and O–H groups in total. The molecule has 0 saturated carbocycles. The Labute approximate surface area is 135 Å². The summed E-state index contributed by atoms with van der Waals surface area (Å²) in [5.74, 6) is 0. The lowest BCUT2D eigenvalue weighted by molar-refractivity contribution is -0.143. The standard InChI is InChI=1S/C15H18F6N2O/c16-14(17,18)11-7-10(8-12(9-11)15(19,20)21)13(1-6-24)23-4-2-22-3-5-23/h7-9,13,22,24H,1-6H2/t13-/m0/s1. The molecule has 24 heavy (non-hydrogen) atoms. The van der Waals surface area contributed by atoms with Crippen molar-refractivity contribution in [2.75, 3.05) is 32.8 Å². The molecule has 1 saturated heterocycles. The van der Waals surface area contributed by atoms with Crippen molar-refractivity contribution in [1.82, 2.24) is 10.2 Å². The number of aliphatic hydroxyl groups is 1. The minimum absolute atomic E-state index is 0.0681. The molecule has 1 aromatic carbocycles. The van der Waals surface area contributed by atoms with Crippen molar-refractivity contribution in [2.45, 2.75) is 24.8 Å². The summed E-state index contributed by atoms with van der Waals surface area (Å²) in [4.78, 5) is 1.79. The molecule has 1 fully saturated rings. The molecule has 0 radical (unpaired) electrons. The van der Waals surface area contributed by atoms with E-state index < -0.39 is 29.5 Å². The lowest BCUT2D eigenvalue weighted by Gasteiger charge is -2.35. The van der Waals surface area contributed by atoms with Crippen LogP contribution in [0.3, 0.4) is 0 Å². The summed E-state index contributed by atoms with van der Waals surface area (Å²) >= 11 is 0. The predicted molar refractivity (Wildman–Crippen MR) is 75.3 cm³/mol. The van der Waals surface area contributed by atoms with Gasteiger partial charge in [0.05, 0.1) is 11.1 Å². The summed E-state index contributed by atoms with van der Waals surface area (Å²) in [5.41, 5.74) is -2.73. The van der Waals surface area contributed by atoms with Crippen LogP contribution in [0.4, 0.5) is 26.3 Å². The van der Waals surface area contributed by atoms with Crippen LogP contribution >= 0.6 is 0 Å². The topological polar surface area (TPSA) is 35.5 Å². The number of nitrogens with zero attached hydrogens (tertiary/aromatic N) is 1. The van der Waals surface area contributed by atoms with Gasteiger partial charge < -0.3 is 10.4 Å². The van der Waals surface area contributed by atoms with Crippen molar-refractivity contribution in [1.29, 1.82) is 0 Å². The third-order valence-corrected chi connectivity index (χ3v) is 3.99. The zero-order valence-corrected chi connectivity index (χ0v) is 12.7. The lowest BCUT2D eigenvalue weighted by Crippen LogP contribution is -2.45. The van der Waals surface area contributed by atoms with E-state index in [9.17, 15) is 31.4 Å². The van der Waals surface area contributed by atoms with Crippen LogP contribution in [0.25, 0.3) is 0 Å². The van der Waals surface area contributed by atoms with Crippen LogP contribution in [0.1, 0.15) is 29.2 Å². The highest BCUT2D eigenvalue weighted by Crippen LogP contribution is 2.38. The van der Waals surface area contributed by atoms with E-state index in [1.807, 2.05) is 0 Å². The molecule has 0 aromatic heterocycles. The number of piperazine rings is 1. The highest BCUT2D eigenvalue weighted by Gasteiger charge is 2.38. The van der Waals surface area contributed by atoms with Crippen LogP contribution in [0.5, 0.6) is 0 Å². The number of hydrogen-bond donors (Lipinski definition) is 2. The molecule has 0 aliphatic carbocycles. The fourth-order valence-corrected chi connectivity index (χ4v) is 2.85. The van der Waals surface area contributed by atoms with Gasteiger partial charge in [-0.1, -0.05) is 0 Å². The van der Waals surface area contributed by atoms with Gasteiger partial charge in [-0.25, -0.2) is 0 Å². The highest BCUT2D eigenvalue weighted by atomic mass is 19.4. The van der Waals surface area contributed by atoms with Gasteiger partial charge in [0.2, 0.25) is 0 Å². The number of hydrogen-bond acceptors (Lipinski definition) is 3. The van der Waals surface area contributed by atoms with E-state index in [0.717, 1.165) is 12.1 Å². The fourth-order valence-electron chi connectivity index (χ4n) is 2.85. The molecule has 0 spiro atoms. The van der Waals surface area contributed by atoms with Gasteiger partial charge in [-0.3, -0.25) is 4.90 Å². The number of benzene rings is 1. The molecule has 1 aliphatic heterocycles. The molecule has 2 rings (SSSR count). The van der Waals surface area contributed by atoms with E-state index in [-0.39, 0.29) is 24.7 Å². The molecular weight excluding hydrogens is 338 g/mol. The second-order valence-electron chi connectivity index (χ2n) is 5.65. The summed E-state index contributed by atoms with van der Waals surface area (Å²) < 4.78 is 77.9. The highest BCUT2D eigenvalue weighted by molar-refractivity contribution is 5.35. The third-order valence-electron chi connectivity index (χ3n) is 3.99. The largest absolute Gasteiger partial charge is 0.416 e. The fraction of sp³-hybridized carbons (Fsp3) is 0.600. The maximum atomic E-state index is 13.0. The van der Waals surface area contributed by atoms with Gasteiger partial charge >= 0.3 is 12.4 Å². The minimum atomic E-state index is -4.87. The van der Waals surface area contributed by atoms with E-state index in [0.29, 0.717) is 26.2 Å². The van der Waals surface area contributed by atoms with E-state index in [2.05, 4.69) is 5.32 Å². The molecule has 0 unspecified atom stereocenters. The Morgan fingerprint density at radius 1 is 0.958 bits per heavy atom. The van der Waals surface area contributed by atoms with Gasteiger partial charge in [-0.05, 0) is 30.2 Å². The molecule has 0 bridgehead atoms. The molecule has 1 aliphatic rings. The zero-order valence-electron chi connectivity index (χ0n) is 12.7. The van der Waals surface area contributed by atoms with Crippen molar-refractivity contribution in [3.8, 4) is 0 Å². The first kappa shape index (κ1) is 19.0. The SMILES string of the molecule is OCC[C@@H](c1cc(C(F)(F)F)cc(C(F)(F)F)c1)N1CCNCC1. The molecule has 1 heterocycles. The number of nitrogens with one attached hydrogen (secondary N) is 1. The quantitative estimate of drug-likeness (QED) is 0.814. The first-order chi connectivity index (χ1) is 11.1. The first-order valence-electron chi connectivity index (χ1n) is 7.48. The van der Waals surface area contributed by atoms with Gasteiger partial charge in [-0.2, -0.15) is 26.3 Å². The summed E-state index contributed by atoms with van der Waals surface area (Å²) in [6.07, 6.45) is -9.68. The monoisotopic (exact) mass is 356 g/mol. The van der Waals surface area contributed by atoms with Crippen LogP contribution < -0.4 is 5.32 Å². The van der Waals surface area contributed by atoms with Crippen molar-refractivity contribution in [3.63, 3.8) is 0 Å². The summed E-state index contributed by atoms with van der Waals surface area (Å²) in [5, 5.41) is 12.3. The lowest BCUT2D eigenvalue weighted by atomic mass is 9.96. The Morgan fingerprint density at radius 3 is 1.88 bits per heavy atom. The first-order valence-corrected chi connectivity index (χ1v) is 7.48. The van der Waals surface area contributed by atoms with Crippen molar-refractivity contribution in [3.05, 3.63) is 34.9 Å². The molecule has 0 amide bonds. The molecule has 9 heteroatoms. The van der Waals surface area contributed by atoms with E-state index >= 15 is 0 Å². The zero-order chi connectivity index (χ0) is 18.0. The van der Waals surface area contributed by atoms with Crippen LogP contribution in [0.2, 0.25) is 0 Å². The second-order valence-corrected chi connectivity index (χ2v) is 5.65. The van der Waals surface area contributed by atoms with Gasteiger partial charge in [0.1, 0.15) is 0 Å². The Hall–Kier alpha value is -1.32. The van der Waals surface area contributed by atoms with Crippen molar-refractivity contribution < 1.29 is 31.4 Å². The Kier molecular flexibility index (Phi) is 5.77. The molecule has 136 valence electrons. The maximum absolute atomic E-state index is 13.0. The number of rotatable bonds is 4. The van der Waals surface area contributed by atoms with E-state index in [1.165, 1.54) is 0 Å². The Morgan fingerprint density at radius 2 is 1.46 bits per heavy atom. The van der Waals surface area contributed by atoms with Crippen molar-refractivity contribution >= 4 is 0 Å². The molecular formula is C15H18F6N2O. The maximum Gasteiger partial charge on any atom is 0.416 e. The van der Waals surface area contributed by atoms with Gasteiger partial charge in [-0.15, -0.1) is 0 Å². The van der Waals surface area contributed by atoms with Gasteiger partial charge in [0.15, 0.2) is 0 Å². The summed E-state index contributed by atoms with van der Waals surface area (Å²) in [7, 11) is 0.